The van der Waals surface area contributed by atoms with Gasteiger partial charge in [-0.2, -0.15) is 0 Å². The first-order valence-corrected chi connectivity index (χ1v) is 5.38. The van der Waals surface area contributed by atoms with Crippen molar-refractivity contribution in [2.75, 3.05) is 5.32 Å². The number of hydrogen-bond donors (Lipinski definition) is 2. The third-order valence-corrected chi connectivity index (χ3v) is 2.42. The van der Waals surface area contributed by atoms with Crippen molar-refractivity contribution >= 4 is 11.4 Å². The molecule has 0 aliphatic rings. The molecule has 0 bridgehead atoms. The van der Waals surface area contributed by atoms with Gasteiger partial charge in [-0.05, 0) is 18.2 Å². The molecule has 2 aromatic rings. The summed E-state index contributed by atoms with van der Waals surface area (Å²) in [6, 6.07) is 6.19. The quantitative estimate of drug-likeness (QED) is 0.653. The summed E-state index contributed by atoms with van der Waals surface area (Å²) < 4.78 is 13.1. The van der Waals surface area contributed by atoms with Crippen LogP contribution in [0.3, 0.4) is 0 Å². The van der Waals surface area contributed by atoms with E-state index in [9.17, 15) is 14.5 Å². The zero-order chi connectivity index (χ0) is 13.8. The first-order valence-electron chi connectivity index (χ1n) is 5.38. The summed E-state index contributed by atoms with van der Waals surface area (Å²) in [5.74, 6) is -0.535. The maximum absolute atomic E-state index is 13.1. The summed E-state index contributed by atoms with van der Waals surface area (Å²) in [5, 5.41) is 22.6. The van der Waals surface area contributed by atoms with E-state index in [0.29, 0.717) is 5.69 Å². The predicted molar refractivity (Wildman–Crippen MR) is 66.3 cm³/mol. The zero-order valence-electron chi connectivity index (χ0n) is 9.71. The largest absolute Gasteiger partial charge is 0.506 e. The van der Waals surface area contributed by atoms with Crippen LogP contribution in [-0.4, -0.2) is 15.0 Å². The normalized spacial score (nSPS) is 10.2. The molecule has 7 heteroatoms. The van der Waals surface area contributed by atoms with Gasteiger partial charge in [0.2, 0.25) is 0 Å². The maximum Gasteiger partial charge on any atom is 0.292 e. The highest BCUT2D eigenvalue weighted by Crippen LogP contribution is 2.25. The van der Waals surface area contributed by atoms with E-state index in [1.807, 2.05) is 0 Å². The van der Waals surface area contributed by atoms with Gasteiger partial charge in [-0.25, -0.2) is 4.39 Å². The molecule has 0 amide bonds. The second kappa shape index (κ2) is 5.30. The van der Waals surface area contributed by atoms with Crippen molar-refractivity contribution in [1.82, 2.24) is 4.98 Å². The molecule has 0 radical (unpaired) electrons. The first kappa shape index (κ1) is 12.7. The minimum atomic E-state index is -0.591. The Kier molecular flexibility index (Phi) is 3.56. The fraction of sp³-hybridized carbons (Fsp3) is 0.0833. The molecule has 0 saturated heterocycles. The Labute approximate surface area is 107 Å². The fourth-order valence-electron chi connectivity index (χ4n) is 1.52. The Hall–Kier alpha value is -2.70. The summed E-state index contributed by atoms with van der Waals surface area (Å²) >= 11 is 0. The summed E-state index contributed by atoms with van der Waals surface area (Å²) in [6.07, 6.45) is 1.26. The van der Waals surface area contributed by atoms with Crippen LogP contribution in [-0.2, 0) is 6.54 Å². The lowest BCUT2D eigenvalue weighted by atomic mass is 10.2. The monoisotopic (exact) mass is 263 g/mol. The molecule has 1 heterocycles. The number of rotatable bonds is 4. The topological polar surface area (TPSA) is 88.3 Å². The number of aromatic hydroxyl groups is 1. The summed E-state index contributed by atoms with van der Waals surface area (Å²) in [6.45, 7) is 0.185. The predicted octanol–water partition coefficient (Wildman–Crippen LogP) is 2.45. The van der Waals surface area contributed by atoms with Crippen molar-refractivity contribution in [2.45, 2.75) is 6.54 Å². The Balaban J connectivity index is 2.16. The van der Waals surface area contributed by atoms with Crippen molar-refractivity contribution in [3.63, 3.8) is 0 Å². The highest BCUT2D eigenvalue weighted by molar-refractivity contribution is 5.61. The Morgan fingerprint density at radius 2 is 2.16 bits per heavy atom. The van der Waals surface area contributed by atoms with E-state index in [0.717, 1.165) is 18.2 Å². The van der Waals surface area contributed by atoms with Crippen LogP contribution in [0.5, 0.6) is 5.75 Å². The number of nitrogens with zero attached hydrogens (tertiary/aromatic N) is 2. The average molecular weight is 263 g/mol. The van der Waals surface area contributed by atoms with Crippen LogP contribution in [0.2, 0.25) is 0 Å². The lowest BCUT2D eigenvalue weighted by Gasteiger charge is -2.06. The number of nitro groups is 1. The van der Waals surface area contributed by atoms with Gasteiger partial charge < -0.3 is 10.4 Å². The number of hydrogen-bond acceptors (Lipinski definition) is 5. The molecule has 0 saturated carbocycles. The second-order valence-electron chi connectivity index (χ2n) is 3.78. The lowest BCUT2D eigenvalue weighted by Crippen LogP contribution is -2.04. The molecule has 6 nitrogen and oxygen atoms in total. The summed E-state index contributed by atoms with van der Waals surface area (Å²) in [4.78, 5) is 14.1. The van der Waals surface area contributed by atoms with Gasteiger partial charge >= 0.3 is 0 Å². The van der Waals surface area contributed by atoms with Gasteiger partial charge in [-0.3, -0.25) is 15.1 Å². The second-order valence-corrected chi connectivity index (χ2v) is 3.78. The summed E-state index contributed by atoms with van der Waals surface area (Å²) in [7, 11) is 0. The van der Waals surface area contributed by atoms with Gasteiger partial charge in [-0.1, -0.05) is 0 Å². The molecular weight excluding hydrogens is 253 g/mol. The Morgan fingerprint density at radius 1 is 1.37 bits per heavy atom. The van der Waals surface area contributed by atoms with E-state index in [2.05, 4.69) is 10.3 Å². The molecule has 2 rings (SSSR count). The van der Waals surface area contributed by atoms with Crippen LogP contribution in [0.25, 0.3) is 0 Å². The van der Waals surface area contributed by atoms with Gasteiger partial charge in [0.15, 0.2) is 0 Å². The smallest absolute Gasteiger partial charge is 0.292 e. The number of pyridine rings is 1. The van der Waals surface area contributed by atoms with E-state index in [4.69, 9.17) is 5.11 Å². The third-order valence-electron chi connectivity index (χ3n) is 2.42. The molecule has 0 spiro atoms. The molecule has 0 fully saturated rings. The molecule has 0 unspecified atom stereocenters. The Bertz CT molecular complexity index is 602. The zero-order valence-corrected chi connectivity index (χ0v) is 9.71. The van der Waals surface area contributed by atoms with Gasteiger partial charge in [0.1, 0.15) is 17.3 Å². The van der Waals surface area contributed by atoms with Gasteiger partial charge in [0.05, 0.1) is 23.4 Å². The minimum absolute atomic E-state index is 0.0282. The van der Waals surface area contributed by atoms with Crippen LogP contribution >= 0.6 is 0 Å². The first-order chi connectivity index (χ1) is 9.06. The van der Waals surface area contributed by atoms with Crippen molar-refractivity contribution in [3.05, 3.63) is 58.2 Å². The molecule has 19 heavy (non-hydrogen) atoms. The van der Waals surface area contributed by atoms with E-state index in [-0.39, 0.29) is 23.7 Å². The molecule has 0 aliphatic carbocycles. The Morgan fingerprint density at radius 3 is 2.79 bits per heavy atom. The van der Waals surface area contributed by atoms with Crippen LogP contribution in [0, 0.1) is 15.9 Å². The molecule has 98 valence electrons. The van der Waals surface area contributed by atoms with E-state index < -0.39 is 10.7 Å². The number of anilines is 1. The molecule has 0 aliphatic heterocycles. The minimum Gasteiger partial charge on any atom is -0.506 e. The van der Waals surface area contributed by atoms with Crippen molar-refractivity contribution in [2.24, 2.45) is 0 Å². The number of aromatic nitrogens is 1. The standard InChI is InChI=1S/C12H10FN3O3/c13-8-1-4-12(16(18)19)11(5-8)15-6-9-2-3-10(17)7-14-9/h1-5,7,15,17H,6H2. The number of nitrogens with one attached hydrogen (secondary N) is 1. The maximum atomic E-state index is 13.1. The molecule has 2 N–H and O–H groups in total. The number of nitro benzene ring substituents is 1. The van der Waals surface area contributed by atoms with Crippen LogP contribution in [0.4, 0.5) is 15.8 Å². The SMILES string of the molecule is O=[N+]([O-])c1ccc(F)cc1NCc1ccc(O)cn1. The third kappa shape index (κ3) is 3.15. The molecule has 1 aromatic heterocycles. The fourth-order valence-corrected chi connectivity index (χ4v) is 1.52. The van der Waals surface area contributed by atoms with Crippen LogP contribution < -0.4 is 5.32 Å². The molecule has 1 aromatic carbocycles. The van der Waals surface area contributed by atoms with E-state index in [1.54, 1.807) is 6.07 Å². The van der Waals surface area contributed by atoms with Gasteiger partial charge in [0, 0.05) is 12.1 Å². The van der Waals surface area contributed by atoms with Crippen molar-refractivity contribution in [3.8, 4) is 5.75 Å². The molecule has 0 atom stereocenters. The average Bonchev–Trinajstić information content (AvgIpc) is 2.38. The van der Waals surface area contributed by atoms with Crippen LogP contribution in [0.15, 0.2) is 36.5 Å². The van der Waals surface area contributed by atoms with Gasteiger partial charge in [0.25, 0.3) is 5.69 Å². The summed E-state index contributed by atoms with van der Waals surface area (Å²) in [5.41, 5.74) is 0.441. The van der Waals surface area contributed by atoms with Crippen molar-refractivity contribution in [1.29, 1.82) is 0 Å². The highest BCUT2D eigenvalue weighted by atomic mass is 19.1. The van der Waals surface area contributed by atoms with Crippen LogP contribution in [0.1, 0.15) is 5.69 Å². The molecular formula is C12H10FN3O3. The van der Waals surface area contributed by atoms with Crippen molar-refractivity contribution < 1.29 is 14.4 Å². The van der Waals surface area contributed by atoms with Gasteiger partial charge in [-0.15, -0.1) is 0 Å². The number of halogens is 1. The lowest BCUT2D eigenvalue weighted by molar-refractivity contribution is -0.384. The van der Waals surface area contributed by atoms with E-state index in [1.165, 1.54) is 12.3 Å². The highest BCUT2D eigenvalue weighted by Gasteiger charge is 2.14. The van der Waals surface area contributed by atoms with E-state index >= 15 is 0 Å². The number of benzene rings is 1.